The standard InChI is InChI=1S/C16H19NO6/c1-16(2,3)23-15(20)17-12(13(18)22-14(17)19)10-21-9-11-7-5-4-6-8-11/h4-8,12H,9-10H2,1-3H3/t12-/m0/s1. The van der Waals surface area contributed by atoms with Crippen molar-refractivity contribution in [3.8, 4) is 0 Å². The molecule has 0 aromatic heterocycles. The van der Waals surface area contributed by atoms with Crippen molar-refractivity contribution in [2.45, 2.75) is 39.0 Å². The summed E-state index contributed by atoms with van der Waals surface area (Å²) in [6.45, 7) is 5.08. The van der Waals surface area contributed by atoms with Crippen LogP contribution in [0.25, 0.3) is 0 Å². The normalized spacial score (nSPS) is 18.0. The Labute approximate surface area is 134 Å². The number of nitrogens with zero attached hydrogens (tertiary/aromatic N) is 1. The van der Waals surface area contributed by atoms with Gasteiger partial charge in [0, 0.05) is 0 Å². The van der Waals surface area contributed by atoms with Gasteiger partial charge in [-0.1, -0.05) is 30.3 Å². The Kier molecular flexibility index (Phi) is 5.00. The van der Waals surface area contributed by atoms with Crippen molar-refractivity contribution in [2.75, 3.05) is 6.61 Å². The van der Waals surface area contributed by atoms with Crippen molar-refractivity contribution in [3.63, 3.8) is 0 Å². The highest BCUT2D eigenvalue weighted by Gasteiger charge is 2.47. The molecule has 0 spiro atoms. The first kappa shape index (κ1) is 17.0. The maximum absolute atomic E-state index is 12.1. The molecule has 0 aliphatic carbocycles. The number of cyclic esters (lactones) is 2. The monoisotopic (exact) mass is 321 g/mol. The molecule has 0 radical (unpaired) electrons. The van der Waals surface area contributed by atoms with Crippen LogP contribution < -0.4 is 0 Å². The Hall–Kier alpha value is -2.41. The maximum atomic E-state index is 12.1. The molecule has 2 rings (SSSR count). The molecule has 23 heavy (non-hydrogen) atoms. The molecular formula is C16H19NO6. The molecule has 1 aromatic rings. The SMILES string of the molecule is CC(C)(C)OC(=O)N1C(=O)OC(=O)[C@@H]1COCc1ccccc1. The summed E-state index contributed by atoms with van der Waals surface area (Å²) in [5.74, 6) is -0.825. The van der Waals surface area contributed by atoms with E-state index in [-0.39, 0.29) is 13.2 Å². The molecule has 0 saturated carbocycles. The van der Waals surface area contributed by atoms with Crippen LogP contribution in [0.15, 0.2) is 30.3 Å². The van der Waals surface area contributed by atoms with Crippen molar-refractivity contribution >= 4 is 18.2 Å². The van der Waals surface area contributed by atoms with E-state index in [0.29, 0.717) is 4.90 Å². The van der Waals surface area contributed by atoms with Gasteiger partial charge in [-0.3, -0.25) is 0 Å². The molecule has 2 amide bonds. The minimum atomic E-state index is -1.14. The zero-order valence-corrected chi connectivity index (χ0v) is 13.3. The van der Waals surface area contributed by atoms with Crippen LogP contribution >= 0.6 is 0 Å². The number of esters is 1. The van der Waals surface area contributed by atoms with Gasteiger partial charge in [0.05, 0.1) is 13.2 Å². The molecular weight excluding hydrogens is 302 g/mol. The molecule has 7 nitrogen and oxygen atoms in total. The van der Waals surface area contributed by atoms with Crippen LogP contribution in [0.4, 0.5) is 9.59 Å². The number of carbonyl (C=O) groups excluding carboxylic acids is 3. The summed E-state index contributed by atoms with van der Waals surface area (Å²) in [5.41, 5.74) is 0.118. The van der Waals surface area contributed by atoms with E-state index >= 15 is 0 Å². The number of hydrogen-bond donors (Lipinski definition) is 0. The third kappa shape index (κ3) is 4.53. The second-order valence-corrected chi connectivity index (χ2v) is 6.05. The van der Waals surface area contributed by atoms with E-state index in [2.05, 4.69) is 4.74 Å². The minimum absolute atomic E-state index is 0.154. The van der Waals surface area contributed by atoms with Gasteiger partial charge in [0.1, 0.15) is 5.60 Å². The zero-order chi connectivity index (χ0) is 17.0. The fraction of sp³-hybridized carbons (Fsp3) is 0.438. The summed E-state index contributed by atoms with van der Waals surface area (Å²) in [5, 5.41) is 0. The van der Waals surface area contributed by atoms with Crippen molar-refractivity contribution in [1.82, 2.24) is 4.90 Å². The average Bonchev–Trinajstić information content (AvgIpc) is 2.72. The molecule has 1 heterocycles. The molecule has 7 heteroatoms. The molecule has 1 aliphatic rings. The molecule has 1 aromatic carbocycles. The Morgan fingerprint density at radius 1 is 1.22 bits per heavy atom. The number of hydrogen-bond acceptors (Lipinski definition) is 6. The third-order valence-electron chi connectivity index (χ3n) is 2.95. The Morgan fingerprint density at radius 2 is 1.87 bits per heavy atom. The highest BCUT2D eigenvalue weighted by Crippen LogP contribution is 2.19. The van der Waals surface area contributed by atoms with Crippen molar-refractivity contribution in [1.29, 1.82) is 0 Å². The van der Waals surface area contributed by atoms with Gasteiger partial charge in [-0.2, -0.15) is 4.90 Å². The van der Waals surface area contributed by atoms with Crippen LogP contribution in [0.2, 0.25) is 0 Å². The van der Waals surface area contributed by atoms with Gasteiger partial charge in [0.25, 0.3) is 0 Å². The highest BCUT2D eigenvalue weighted by molar-refractivity contribution is 6.03. The Morgan fingerprint density at radius 3 is 2.48 bits per heavy atom. The highest BCUT2D eigenvalue weighted by atomic mass is 16.6. The number of carbonyl (C=O) groups is 3. The van der Waals surface area contributed by atoms with Crippen LogP contribution in [-0.2, 0) is 25.6 Å². The summed E-state index contributed by atoms with van der Waals surface area (Å²) in [6, 6.07) is 8.19. The van der Waals surface area contributed by atoms with Gasteiger partial charge >= 0.3 is 18.2 Å². The number of benzene rings is 1. The average molecular weight is 321 g/mol. The lowest BCUT2D eigenvalue weighted by Gasteiger charge is -2.24. The number of amides is 2. The number of rotatable bonds is 4. The first-order valence-electron chi connectivity index (χ1n) is 7.17. The predicted molar refractivity (Wildman–Crippen MR) is 79.4 cm³/mol. The number of imide groups is 1. The van der Waals surface area contributed by atoms with Gasteiger partial charge < -0.3 is 14.2 Å². The molecule has 0 unspecified atom stereocenters. The van der Waals surface area contributed by atoms with Crippen LogP contribution in [0.1, 0.15) is 26.3 Å². The van der Waals surface area contributed by atoms with E-state index in [1.54, 1.807) is 20.8 Å². The zero-order valence-electron chi connectivity index (χ0n) is 13.3. The van der Waals surface area contributed by atoms with E-state index in [9.17, 15) is 14.4 Å². The lowest BCUT2D eigenvalue weighted by atomic mass is 10.2. The van der Waals surface area contributed by atoms with Gasteiger partial charge in [-0.15, -0.1) is 0 Å². The predicted octanol–water partition coefficient (Wildman–Crippen LogP) is 2.49. The minimum Gasteiger partial charge on any atom is -0.443 e. The Bertz CT molecular complexity index is 592. The van der Waals surface area contributed by atoms with Crippen LogP contribution in [0.5, 0.6) is 0 Å². The molecule has 1 atom stereocenters. The largest absolute Gasteiger partial charge is 0.443 e. The van der Waals surface area contributed by atoms with E-state index < -0.39 is 29.8 Å². The van der Waals surface area contributed by atoms with Crippen molar-refractivity contribution in [2.24, 2.45) is 0 Å². The molecule has 1 fully saturated rings. The molecule has 1 saturated heterocycles. The van der Waals surface area contributed by atoms with Gasteiger partial charge in [0.2, 0.25) is 0 Å². The summed E-state index contributed by atoms with van der Waals surface area (Å²) >= 11 is 0. The maximum Gasteiger partial charge on any atom is 0.428 e. The van der Waals surface area contributed by atoms with Crippen LogP contribution in [0.3, 0.4) is 0 Å². The second kappa shape index (κ2) is 6.78. The topological polar surface area (TPSA) is 82.1 Å². The molecule has 124 valence electrons. The van der Waals surface area contributed by atoms with E-state index in [4.69, 9.17) is 9.47 Å². The fourth-order valence-corrected chi connectivity index (χ4v) is 1.95. The second-order valence-electron chi connectivity index (χ2n) is 6.05. The quantitative estimate of drug-likeness (QED) is 0.626. The van der Waals surface area contributed by atoms with Gasteiger partial charge in [-0.05, 0) is 26.3 Å². The van der Waals surface area contributed by atoms with Crippen molar-refractivity contribution in [3.05, 3.63) is 35.9 Å². The van der Waals surface area contributed by atoms with Crippen molar-refractivity contribution < 1.29 is 28.6 Å². The van der Waals surface area contributed by atoms with E-state index in [1.165, 1.54) is 0 Å². The summed E-state index contributed by atoms with van der Waals surface area (Å²) in [7, 11) is 0. The third-order valence-corrected chi connectivity index (χ3v) is 2.95. The summed E-state index contributed by atoms with van der Waals surface area (Å²) in [4.78, 5) is 36.1. The summed E-state index contributed by atoms with van der Waals surface area (Å²) in [6.07, 6.45) is -1.97. The lowest BCUT2D eigenvalue weighted by Crippen LogP contribution is -2.45. The van der Waals surface area contributed by atoms with Crippen LogP contribution in [0, 0.1) is 0 Å². The summed E-state index contributed by atoms with van der Waals surface area (Å²) < 4.78 is 15.0. The van der Waals surface area contributed by atoms with Crippen LogP contribution in [-0.4, -0.2) is 41.3 Å². The van der Waals surface area contributed by atoms with E-state index in [1.807, 2.05) is 30.3 Å². The molecule has 1 aliphatic heterocycles. The smallest absolute Gasteiger partial charge is 0.428 e. The van der Waals surface area contributed by atoms with E-state index in [0.717, 1.165) is 5.56 Å². The number of ether oxygens (including phenoxy) is 3. The molecule has 0 N–H and O–H groups in total. The lowest BCUT2D eigenvalue weighted by molar-refractivity contribution is -0.137. The van der Waals surface area contributed by atoms with Gasteiger partial charge in [0.15, 0.2) is 6.04 Å². The first-order chi connectivity index (χ1) is 10.8. The van der Waals surface area contributed by atoms with Gasteiger partial charge in [-0.25, -0.2) is 14.4 Å². The molecule has 0 bridgehead atoms. The first-order valence-corrected chi connectivity index (χ1v) is 7.17. The Balaban J connectivity index is 1.98. The fourth-order valence-electron chi connectivity index (χ4n) is 1.95.